The number of nitrogens with zero attached hydrogens (tertiary/aromatic N) is 1. The van der Waals surface area contributed by atoms with Gasteiger partial charge in [0.05, 0.1) is 4.90 Å². The van der Waals surface area contributed by atoms with Gasteiger partial charge in [0, 0.05) is 18.1 Å². The van der Waals surface area contributed by atoms with Crippen LogP contribution in [-0.4, -0.2) is 19.7 Å². The van der Waals surface area contributed by atoms with E-state index in [0.717, 1.165) is 36.1 Å². The summed E-state index contributed by atoms with van der Waals surface area (Å²) in [5.41, 5.74) is 2.89. The molecule has 1 heterocycles. The zero-order chi connectivity index (χ0) is 12.3. The minimum absolute atomic E-state index is 0.365. The summed E-state index contributed by atoms with van der Waals surface area (Å²) < 4.78 is 23.1. The van der Waals surface area contributed by atoms with Crippen molar-refractivity contribution in [2.75, 3.05) is 6.26 Å². The fourth-order valence-electron chi connectivity index (χ4n) is 1.85. The number of hydrogen-bond acceptors (Lipinski definition) is 3. The minimum Gasteiger partial charge on any atom is -0.260 e. The molecule has 0 fully saturated rings. The van der Waals surface area contributed by atoms with E-state index in [0.29, 0.717) is 4.90 Å². The van der Waals surface area contributed by atoms with Gasteiger partial charge >= 0.3 is 0 Å². The summed E-state index contributed by atoms with van der Waals surface area (Å²) in [5.74, 6) is 0. The van der Waals surface area contributed by atoms with Crippen LogP contribution in [0.4, 0.5) is 0 Å². The van der Waals surface area contributed by atoms with Gasteiger partial charge in [-0.3, -0.25) is 4.98 Å². The number of pyridine rings is 1. The highest BCUT2D eigenvalue weighted by molar-refractivity contribution is 7.90. The molecule has 0 aliphatic heterocycles. The van der Waals surface area contributed by atoms with Crippen molar-refractivity contribution in [3.8, 4) is 0 Å². The van der Waals surface area contributed by atoms with Crippen molar-refractivity contribution in [3.63, 3.8) is 0 Å². The molecule has 0 spiro atoms. The van der Waals surface area contributed by atoms with Crippen LogP contribution in [0, 0.1) is 13.8 Å². The molecule has 1 aromatic rings. The normalized spacial score (nSPS) is 11.8. The Kier molecular flexibility index (Phi) is 4.08. The molecule has 0 aliphatic carbocycles. The Morgan fingerprint density at radius 3 is 2.44 bits per heavy atom. The Balaban J connectivity index is 3.27. The van der Waals surface area contributed by atoms with Gasteiger partial charge in [-0.1, -0.05) is 13.3 Å². The first kappa shape index (κ1) is 13.2. The molecule has 0 radical (unpaired) electrons. The van der Waals surface area contributed by atoms with Gasteiger partial charge in [0.1, 0.15) is 0 Å². The van der Waals surface area contributed by atoms with Crippen molar-refractivity contribution in [3.05, 3.63) is 23.0 Å². The number of hydrogen-bond donors (Lipinski definition) is 0. The molecule has 1 aromatic heterocycles. The molecule has 1 rings (SSSR count). The third-order valence-corrected chi connectivity index (χ3v) is 4.02. The lowest BCUT2D eigenvalue weighted by molar-refractivity contribution is 0.600. The first-order valence-electron chi connectivity index (χ1n) is 5.53. The lowest BCUT2D eigenvalue weighted by atomic mass is 10.0. The quantitative estimate of drug-likeness (QED) is 0.813. The monoisotopic (exact) mass is 241 g/mol. The van der Waals surface area contributed by atoms with Crippen molar-refractivity contribution in [1.82, 2.24) is 4.98 Å². The zero-order valence-electron chi connectivity index (χ0n) is 10.4. The Hall–Kier alpha value is -0.900. The van der Waals surface area contributed by atoms with Crippen LogP contribution in [-0.2, 0) is 16.3 Å². The molecule has 0 unspecified atom stereocenters. The van der Waals surface area contributed by atoms with E-state index in [-0.39, 0.29) is 0 Å². The van der Waals surface area contributed by atoms with Crippen LogP contribution in [0.3, 0.4) is 0 Å². The van der Waals surface area contributed by atoms with Crippen molar-refractivity contribution in [2.24, 2.45) is 0 Å². The summed E-state index contributed by atoms with van der Waals surface area (Å²) in [6, 6.07) is 0. The van der Waals surface area contributed by atoms with Crippen molar-refractivity contribution >= 4 is 9.84 Å². The summed E-state index contributed by atoms with van der Waals surface area (Å²) >= 11 is 0. The number of sulfone groups is 1. The summed E-state index contributed by atoms with van der Waals surface area (Å²) in [4.78, 5) is 4.55. The van der Waals surface area contributed by atoms with Gasteiger partial charge in [-0.2, -0.15) is 0 Å². The van der Waals surface area contributed by atoms with Crippen molar-refractivity contribution in [1.29, 1.82) is 0 Å². The van der Waals surface area contributed by atoms with Crippen LogP contribution in [0.5, 0.6) is 0 Å². The highest BCUT2D eigenvalue weighted by Gasteiger charge is 2.15. The second kappa shape index (κ2) is 4.95. The topological polar surface area (TPSA) is 47.0 Å². The summed E-state index contributed by atoms with van der Waals surface area (Å²) in [7, 11) is -3.16. The van der Waals surface area contributed by atoms with Crippen LogP contribution in [0.15, 0.2) is 11.1 Å². The van der Waals surface area contributed by atoms with Gasteiger partial charge in [0.25, 0.3) is 0 Å². The molecule has 3 nitrogen and oxygen atoms in total. The maximum atomic E-state index is 11.6. The molecule has 0 bridgehead atoms. The molecule has 0 N–H and O–H groups in total. The van der Waals surface area contributed by atoms with Gasteiger partial charge in [-0.25, -0.2) is 8.42 Å². The molecule has 16 heavy (non-hydrogen) atoms. The standard InChI is InChI=1S/C12H19NO2S/c1-5-6-7-11-9(2)12(16(4,14)15)8-13-10(11)3/h8H,5-7H2,1-4H3. The summed E-state index contributed by atoms with van der Waals surface area (Å²) in [6.45, 7) is 5.93. The van der Waals surface area contributed by atoms with Crippen molar-refractivity contribution in [2.45, 2.75) is 44.9 Å². The predicted octanol–water partition coefficient (Wildman–Crippen LogP) is 2.44. The molecule has 4 heteroatoms. The molecule has 0 aliphatic rings. The molecular weight excluding hydrogens is 222 g/mol. The fourth-order valence-corrected chi connectivity index (χ4v) is 2.77. The van der Waals surface area contributed by atoms with Crippen LogP contribution in [0.25, 0.3) is 0 Å². The van der Waals surface area contributed by atoms with E-state index in [2.05, 4.69) is 11.9 Å². The maximum absolute atomic E-state index is 11.6. The smallest absolute Gasteiger partial charge is 0.177 e. The van der Waals surface area contributed by atoms with E-state index in [1.165, 1.54) is 12.5 Å². The molecule has 0 aromatic carbocycles. The van der Waals surface area contributed by atoms with Crippen LogP contribution < -0.4 is 0 Å². The number of aromatic nitrogens is 1. The molecule has 0 amide bonds. The third kappa shape index (κ3) is 2.82. The van der Waals surface area contributed by atoms with E-state index >= 15 is 0 Å². The minimum atomic E-state index is -3.16. The lowest BCUT2D eigenvalue weighted by Gasteiger charge is -2.12. The second-order valence-electron chi connectivity index (χ2n) is 4.19. The Bertz CT molecular complexity index is 478. The van der Waals surface area contributed by atoms with Crippen molar-refractivity contribution < 1.29 is 8.42 Å². The largest absolute Gasteiger partial charge is 0.260 e. The highest BCUT2D eigenvalue weighted by atomic mass is 32.2. The SMILES string of the molecule is CCCCc1c(C)ncc(S(C)(=O)=O)c1C. The van der Waals surface area contributed by atoms with Crippen LogP contribution in [0.1, 0.15) is 36.6 Å². The number of unbranched alkanes of at least 4 members (excludes halogenated alkanes) is 1. The molecule has 0 saturated carbocycles. The maximum Gasteiger partial charge on any atom is 0.177 e. The first-order chi connectivity index (χ1) is 7.38. The fraction of sp³-hybridized carbons (Fsp3) is 0.583. The van der Waals surface area contributed by atoms with Gasteiger partial charge in [-0.05, 0) is 37.8 Å². The average Bonchev–Trinajstić information content (AvgIpc) is 2.15. The Morgan fingerprint density at radius 2 is 1.94 bits per heavy atom. The first-order valence-corrected chi connectivity index (χ1v) is 7.42. The van der Waals surface area contributed by atoms with Gasteiger partial charge in [-0.15, -0.1) is 0 Å². The van der Waals surface area contributed by atoms with E-state index < -0.39 is 9.84 Å². The van der Waals surface area contributed by atoms with E-state index in [1.807, 2.05) is 13.8 Å². The molecular formula is C12H19NO2S. The zero-order valence-corrected chi connectivity index (χ0v) is 11.2. The lowest BCUT2D eigenvalue weighted by Crippen LogP contribution is -2.06. The van der Waals surface area contributed by atoms with Gasteiger partial charge in [0.15, 0.2) is 9.84 Å². The average molecular weight is 241 g/mol. The summed E-state index contributed by atoms with van der Waals surface area (Å²) in [6.07, 6.45) is 5.77. The molecule has 0 saturated heterocycles. The Labute approximate surface area is 97.8 Å². The third-order valence-electron chi connectivity index (χ3n) is 2.81. The van der Waals surface area contributed by atoms with Gasteiger partial charge < -0.3 is 0 Å². The van der Waals surface area contributed by atoms with Crippen LogP contribution in [0.2, 0.25) is 0 Å². The second-order valence-corrected chi connectivity index (χ2v) is 6.17. The highest BCUT2D eigenvalue weighted by Crippen LogP contribution is 2.21. The Morgan fingerprint density at radius 1 is 1.31 bits per heavy atom. The number of rotatable bonds is 4. The summed E-state index contributed by atoms with van der Waals surface area (Å²) in [5, 5.41) is 0. The van der Waals surface area contributed by atoms with Gasteiger partial charge in [0.2, 0.25) is 0 Å². The molecule has 0 atom stereocenters. The molecule has 90 valence electrons. The van der Waals surface area contributed by atoms with E-state index in [1.54, 1.807) is 0 Å². The number of aryl methyl sites for hydroxylation is 1. The van der Waals surface area contributed by atoms with E-state index in [4.69, 9.17) is 0 Å². The predicted molar refractivity (Wildman–Crippen MR) is 65.4 cm³/mol. The van der Waals surface area contributed by atoms with E-state index in [9.17, 15) is 8.42 Å². The van der Waals surface area contributed by atoms with Crippen LogP contribution >= 0.6 is 0 Å².